The molecule has 0 fully saturated rings. The van der Waals surface area contributed by atoms with Crippen LogP contribution in [0.2, 0.25) is 0 Å². The zero-order valence-corrected chi connectivity index (χ0v) is 7.84. The average molecular weight is 230 g/mol. The number of hydrogen-bond donors (Lipinski definition) is 0. The molecule has 2 aromatic heterocycles. The average Bonchev–Trinajstić information content (AvgIpc) is 2.55. The Morgan fingerprint density at radius 1 is 1.45 bits per heavy atom. The van der Waals surface area contributed by atoms with Crippen LogP contribution in [0.5, 0.6) is 0 Å². The van der Waals surface area contributed by atoms with Crippen molar-refractivity contribution < 1.29 is 0 Å². The van der Waals surface area contributed by atoms with E-state index in [2.05, 4.69) is 25.9 Å². The molecule has 0 unspecified atom stereocenters. The fraction of sp³-hybridized carbons (Fsp3) is 0. The molecule has 2 heterocycles. The van der Waals surface area contributed by atoms with Gasteiger partial charge in [-0.25, -0.2) is 9.97 Å². The van der Waals surface area contributed by atoms with Gasteiger partial charge in [0.1, 0.15) is 10.9 Å². The topological polar surface area (TPSA) is 30.7 Å². The van der Waals surface area contributed by atoms with Crippen molar-refractivity contribution in [2.24, 2.45) is 0 Å². The van der Waals surface area contributed by atoms with E-state index in [1.54, 1.807) is 23.9 Å². The van der Waals surface area contributed by atoms with Gasteiger partial charge in [0.25, 0.3) is 0 Å². The second kappa shape index (κ2) is 2.75. The quantitative estimate of drug-likeness (QED) is 0.750. The normalized spacial score (nSPS) is 10.3. The molecule has 0 saturated carbocycles. The Balaban J connectivity index is 2.45. The Hall–Kier alpha value is -0.680. The number of thiazole rings is 1. The van der Waals surface area contributed by atoms with Gasteiger partial charge >= 0.3 is 0 Å². The predicted octanol–water partition coefficient (Wildman–Crippen LogP) is 2.09. The van der Waals surface area contributed by atoms with Crippen LogP contribution in [0.25, 0.3) is 5.13 Å². The summed E-state index contributed by atoms with van der Waals surface area (Å²) in [6.45, 7) is 0. The lowest BCUT2D eigenvalue weighted by molar-refractivity contribution is 1.03. The number of halogens is 1. The van der Waals surface area contributed by atoms with Crippen molar-refractivity contribution in [2.75, 3.05) is 0 Å². The minimum atomic E-state index is 0.827. The van der Waals surface area contributed by atoms with Crippen molar-refractivity contribution in [2.45, 2.75) is 0 Å². The molecule has 0 aliphatic rings. The van der Waals surface area contributed by atoms with Crippen LogP contribution in [0, 0.1) is 0 Å². The lowest BCUT2D eigenvalue weighted by atomic mass is 10.9. The molecule has 0 amide bonds. The zero-order valence-electron chi connectivity index (χ0n) is 5.44. The van der Waals surface area contributed by atoms with E-state index in [9.17, 15) is 0 Å². The van der Waals surface area contributed by atoms with E-state index < -0.39 is 0 Å². The first-order valence-electron chi connectivity index (χ1n) is 2.95. The maximum absolute atomic E-state index is 4.12. The fourth-order valence-electron chi connectivity index (χ4n) is 0.747. The number of rotatable bonds is 1. The monoisotopic (exact) mass is 229 g/mol. The first-order valence-corrected chi connectivity index (χ1v) is 4.63. The van der Waals surface area contributed by atoms with Crippen molar-refractivity contribution in [1.29, 1.82) is 0 Å². The standard InChI is InChI=1S/C6H4BrN3S/c7-5-3-10(4-9-5)6-8-1-2-11-6/h1-4H. The molecule has 56 valence electrons. The van der Waals surface area contributed by atoms with Crippen LogP contribution in [-0.2, 0) is 0 Å². The van der Waals surface area contributed by atoms with Crippen molar-refractivity contribution in [3.8, 4) is 5.13 Å². The molecule has 11 heavy (non-hydrogen) atoms. The van der Waals surface area contributed by atoms with Gasteiger partial charge in [0.2, 0.25) is 0 Å². The summed E-state index contributed by atoms with van der Waals surface area (Å²) in [7, 11) is 0. The summed E-state index contributed by atoms with van der Waals surface area (Å²) in [6, 6.07) is 0. The summed E-state index contributed by atoms with van der Waals surface area (Å²) in [5, 5.41) is 2.87. The Kier molecular flexibility index (Phi) is 1.75. The van der Waals surface area contributed by atoms with Gasteiger partial charge in [0.15, 0.2) is 5.13 Å². The highest BCUT2D eigenvalue weighted by molar-refractivity contribution is 9.10. The summed E-state index contributed by atoms with van der Waals surface area (Å²) < 4.78 is 2.70. The lowest BCUT2D eigenvalue weighted by Gasteiger charge is -1.90. The number of aromatic nitrogens is 3. The minimum absolute atomic E-state index is 0.827. The Bertz CT molecular complexity index is 340. The third-order valence-corrected chi connectivity index (χ3v) is 2.39. The van der Waals surface area contributed by atoms with Crippen LogP contribution in [0.3, 0.4) is 0 Å². The van der Waals surface area contributed by atoms with Gasteiger partial charge in [-0.3, -0.25) is 4.57 Å². The molecule has 0 atom stereocenters. The maximum Gasteiger partial charge on any atom is 0.194 e. The molecule has 3 nitrogen and oxygen atoms in total. The van der Waals surface area contributed by atoms with Gasteiger partial charge in [-0.05, 0) is 15.9 Å². The number of nitrogens with zero attached hydrogens (tertiary/aromatic N) is 3. The van der Waals surface area contributed by atoms with Crippen LogP contribution in [0.4, 0.5) is 0 Å². The smallest absolute Gasteiger partial charge is 0.194 e. The second-order valence-corrected chi connectivity index (χ2v) is 3.60. The molecule has 5 heteroatoms. The Morgan fingerprint density at radius 2 is 2.36 bits per heavy atom. The molecule has 0 aromatic carbocycles. The predicted molar refractivity (Wildman–Crippen MR) is 46.9 cm³/mol. The first-order chi connectivity index (χ1) is 5.36. The van der Waals surface area contributed by atoms with Gasteiger partial charge in [-0.2, -0.15) is 0 Å². The third kappa shape index (κ3) is 1.34. The van der Waals surface area contributed by atoms with Crippen LogP contribution < -0.4 is 0 Å². The molecule has 0 N–H and O–H groups in total. The van der Waals surface area contributed by atoms with Crippen molar-refractivity contribution in [1.82, 2.24) is 14.5 Å². The summed E-state index contributed by atoms with van der Waals surface area (Å²) in [5.74, 6) is 0. The highest BCUT2D eigenvalue weighted by Crippen LogP contribution is 2.13. The van der Waals surface area contributed by atoms with Gasteiger partial charge in [0.05, 0.1) is 0 Å². The molecule has 0 bridgehead atoms. The fourth-order valence-corrected chi connectivity index (χ4v) is 1.65. The van der Waals surface area contributed by atoms with Crippen LogP contribution in [0.1, 0.15) is 0 Å². The van der Waals surface area contributed by atoms with E-state index in [-0.39, 0.29) is 0 Å². The third-order valence-electron chi connectivity index (χ3n) is 1.19. The van der Waals surface area contributed by atoms with E-state index in [1.165, 1.54) is 0 Å². The van der Waals surface area contributed by atoms with Crippen LogP contribution in [0.15, 0.2) is 28.7 Å². The van der Waals surface area contributed by atoms with E-state index in [0.717, 1.165) is 9.73 Å². The van der Waals surface area contributed by atoms with Gasteiger partial charge in [-0.15, -0.1) is 11.3 Å². The largest absolute Gasteiger partial charge is 0.281 e. The van der Waals surface area contributed by atoms with Crippen molar-refractivity contribution >= 4 is 27.3 Å². The van der Waals surface area contributed by atoms with E-state index in [0.29, 0.717) is 0 Å². The highest BCUT2D eigenvalue weighted by Gasteiger charge is 1.98. The lowest BCUT2D eigenvalue weighted by Crippen LogP contribution is -1.86. The SMILES string of the molecule is Brc1cn(-c2nccs2)cn1. The van der Waals surface area contributed by atoms with E-state index in [1.807, 2.05) is 16.1 Å². The molecular formula is C6H4BrN3S. The molecule has 0 aliphatic carbocycles. The summed E-state index contributed by atoms with van der Waals surface area (Å²) in [5.41, 5.74) is 0. The molecule has 0 radical (unpaired) electrons. The van der Waals surface area contributed by atoms with Gasteiger partial charge in [0, 0.05) is 17.8 Å². The first kappa shape index (κ1) is 7.00. The van der Waals surface area contributed by atoms with Crippen molar-refractivity contribution in [3.63, 3.8) is 0 Å². The number of imidazole rings is 1. The van der Waals surface area contributed by atoms with Gasteiger partial charge < -0.3 is 0 Å². The summed E-state index contributed by atoms with van der Waals surface area (Å²) in [4.78, 5) is 8.14. The second-order valence-electron chi connectivity index (χ2n) is 1.92. The highest BCUT2D eigenvalue weighted by atomic mass is 79.9. The molecule has 0 aliphatic heterocycles. The minimum Gasteiger partial charge on any atom is -0.281 e. The van der Waals surface area contributed by atoms with E-state index in [4.69, 9.17) is 0 Å². The molecule has 0 spiro atoms. The van der Waals surface area contributed by atoms with Crippen LogP contribution >= 0.6 is 27.3 Å². The summed E-state index contributed by atoms with van der Waals surface area (Å²) in [6.07, 6.45) is 5.37. The zero-order chi connectivity index (χ0) is 7.68. The van der Waals surface area contributed by atoms with Crippen LogP contribution in [-0.4, -0.2) is 14.5 Å². The Morgan fingerprint density at radius 3 is 2.91 bits per heavy atom. The molecule has 0 saturated heterocycles. The maximum atomic E-state index is 4.12. The summed E-state index contributed by atoms with van der Waals surface area (Å²) >= 11 is 4.84. The Labute approximate surface area is 75.9 Å². The van der Waals surface area contributed by atoms with Gasteiger partial charge in [-0.1, -0.05) is 0 Å². The molecule has 2 rings (SSSR count). The molecular weight excluding hydrogens is 226 g/mol. The van der Waals surface area contributed by atoms with Crippen molar-refractivity contribution in [3.05, 3.63) is 28.7 Å². The number of hydrogen-bond acceptors (Lipinski definition) is 3. The molecule has 2 aromatic rings. The van der Waals surface area contributed by atoms with E-state index >= 15 is 0 Å².